The number of benzene rings is 2. The number of thiocarbonyl (C=S) groups is 1. The zero-order valence-electron chi connectivity index (χ0n) is 12.4. The summed E-state index contributed by atoms with van der Waals surface area (Å²) in [5.41, 5.74) is 2.12. The van der Waals surface area contributed by atoms with Crippen molar-refractivity contribution in [1.82, 2.24) is 5.32 Å². The monoisotopic (exact) mass is 334 g/mol. The van der Waals surface area contributed by atoms with Crippen LogP contribution in [0.2, 0.25) is 5.02 Å². The number of ether oxygens (including phenoxy) is 1. The van der Waals surface area contributed by atoms with Gasteiger partial charge in [0.1, 0.15) is 5.75 Å². The minimum atomic E-state index is 0.591. The summed E-state index contributed by atoms with van der Waals surface area (Å²) in [5.74, 6) is 0.900. The Morgan fingerprint density at radius 2 is 1.95 bits per heavy atom. The predicted molar refractivity (Wildman–Crippen MR) is 97.0 cm³/mol. The van der Waals surface area contributed by atoms with E-state index >= 15 is 0 Å². The lowest BCUT2D eigenvalue weighted by atomic mass is 10.1. The summed E-state index contributed by atoms with van der Waals surface area (Å²) in [4.78, 5) is 0. The molecule has 0 aliphatic rings. The molecule has 2 aromatic carbocycles. The number of nitrogens with one attached hydrogen (secondary N) is 2. The maximum absolute atomic E-state index is 5.93. The minimum Gasteiger partial charge on any atom is -0.494 e. The fourth-order valence-corrected chi connectivity index (χ4v) is 2.39. The third kappa shape index (κ3) is 5.54. The molecule has 0 unspecified atom stereocenters. The van der Waals surface area contributed by atoms with Crippen LogP contribution in [0.5, 0.6) is 5.75 Å². The molecule has 0 saturated carbocycles. The number of halogens is 1. The Morgan fingerprint density at radius 3 is 2.64 bits per heavy atom. The zero-order chi connectivity index (χ0) is 15.8. The standard InChI is InChI=1S/C17H19ClN2OS/c1-2-21-16-8-6-13(7-9-16)10-11-19-17(22)20-15-5-3-4-14(18)12-15/h3-9,12H,2,10-11H2,1H3,(H2,19,20,22). The first kappa shape index (κ1) is 16.6. The van der Waals surface area contributed by atoms with Gasteiger partial charge in [-0.15, -0.1) is 0 Å². The second-order valence-corrected chi connectivity index (χ2v) is 5.56. The molecule has 2 aromatic rings. The minimum absolute atomic E-state index is 0.591. The number of hydrogen-bond donors (Lipinski definition) is 2. The molecule has 116 valence electrons. The molecule has 0 amide bonds. The van der Waals surface area contributed by atoms with Gasteiger partial charge in [0.2, 0.25) is 0 Å². The van der Waals surface area contributed by atoms with Crippen LogP contribution in [-0.2, 0) is 6.42 Å². The van der Waals surface area contributed by atoms with Crippen molar-refractivity contribution in [3.8, 4) is 5.75 Å². The highest BCUT2D eigenvalue weighted by atomic mass is 35.5. The van der Waals surface area contributed by atoms with E-state index < -0.39 is 0 Å². The number of rotatable bonds is 6. The first-order valence-electron chi connectivity index (χ1n) is 7.19. The van der Waals surface area contributed by atoms with E-state index in [2.05, 4.69) is 22.8 Å². The molecule has 5 heteroatoms. The van der Waals surface area contributed by atoms with Crippen LogP contribution >= 0.6 is 23.8 Å². The molecule has 2 N–H and O–H groups in total. The largest absolute Gasteiger partial charge is 0.494 e. The van der Waals surface area contributed by atoms with Crippen LogP contribution in [0.15, 0.2) is 48.5 Å². The molecule has 0 fully saturated rings. The summed E-state index contributed by atoms with van der Waals surface area (Å²) in [7, 11) is 0. The summed E-state index contributed by atoms with van der Waals surface area (Å²) >= 11 is 11.2. The van der Waals surface area contributed by atoms with E-state index in [0.29, 0.717) is 16.7 Å². The van der Waals surface area contributed by atoms with E-state index in [1.807, 2.05) is 43.3 Å². The van der Waals surface area contributed by atoms with Crippen LogP contribution in [-0.4, -0.2) is 18.3 Å². The van der Waals surface area contributed by atoms with Crippen molar-refractivity contribution in [3.05, 3.63) is 59.1 Å². The Labute approximate surface area is 141 Å². The van der Waals surface area contributed by atoms with Gasteiger partial charge in [-0.05, 0) is 61.5 Å². The van der Waals surface area contributed by atoms with Gasteiger partial charge in [0, 0.05) is 17.3 Å². The molecular weight excluding hydrogens is 316 g/mol. The molecule has 0 saturated heterocycles. The molecule has 0 bridgehead atoms. The Kier molecular flexibility index (Phi) is 6.49. The maximum atomic E-state index is 5.93. The highest BCUT2D eigenvalue weighted by molar-refractivity contribution is 7.80. The first-order valence-corrected chi connectivity index (χ1v) is 7.98. The Bertz CT molecular complexity index is 616. The lowest BCUT2D eigenvalue weighted by Gasteiger charge is -2.11. The summed E-state index contributed by atoms with van der Waals surface area (Å²) in [5, 5.41) is 7.57. The average molecular weight is 335 g/mol. The van der Waals surface area contributed by atoms with Crippen LogP contribution < -0.4 is 15.4 Å². The molecule has 3 nitrogen and oxygen atoms in total. The van der Waals surface area contributed by atoms with Crippen LogP contribution in [0, 0.1) is 0 Å². The lowest BCUT2D eigenvalue weighted by Crippen LogP contribution is -2.30. The summed E-state index contributed by atoms with van der Waals surface area (Å²) in [6.07, 6.45) is 0.893. The van der Waals surface area contributed by atoms with Crippen molar-refractivity contribution in [2.45, 2.75) is 13.3 Å². The molecule has 0 radical (unpaired) electrons. The zero-order valence-corrected chi connectivity index (χ0v) is 14.0. The van der Waals surface area contributed by atoms with E-state index in [1.54, 1.807) is 0 Å². The third-order valence-corrected chi connectivity index (χ3v) is 3.50. The third-order valence-electron chi connectivity index (χ3n) is 3.02. The Hall–Kier alpha value is -1.78. The summed E-state index contributed by atoms with van der Waals surface area (Å²) in [6.45, 7) is 3.43. The van der Waals surface area contributed by atoms with Gasteiger partial charge in [0.05, 0.1) is 6.61 Å². The highest BCUT2D eigenvalue weighted by Crippen LogP contribution is 2.15. The van der Waals surface area contributed by atoms with E-state index in [9.17, 15) is 0 Å². The molecule has 0 heterocycles. The summed E-state index contributed by atoms with van der Waals surface area (Å²) < 4.78 is 5.42. The van der Waals surface area contributed by atoms with Crippen molar-refractivity contribution in [1.29, 1.82) is 0 Å². The Balaban J connectivity index is 1.74. The van der Waals surface area contributed by atoms with Gasteiger partial charge in [-0.1, -0.05) is 29.8 Å². The molecular formula is C17H19ClN2OS. The SMILES string of the molecule is CCOc1ccc(CCNC(=S)Nc2cccc(Cl)c2)cc1. The normalized spacial score (nSPS) is 10.1. The molecule has 0 atom stereocenters. The van der Waals surface area contributed by atoms with Crippen LogP contribution in [0.4, 0.5) is 5.69 Å². The first-order chi connectivity index (χ1) is 10.7. The van der Waals surface area contributed by atoms with Crippen LogP contribution in [0.25, 0.3) is 0 Å². The van der Waals surface area contributed by atoms with Gasteiger partial charge >= 0.3 is 0 Å². The van der Waals surface area contributed by atoms with Gasteiger partial charge in [0.15, 0.2) is 5.11 Å². The van der Waals surface area contributed by atoms with Gasteiger partial charge in [-0.3, -0.25) is 0 Å². The smallest absolute Gasteiger partial charge is 0.170 e. The fraction of sp³-hybridized carbons (Fsp3) is 0.235. The number of hydrogen-bond acceptors (Lipinski definition) is 2. The van der Waals surface area contributed by atoms with Gasteiger partial charge in [-0.25, -0.2) is 0 Å². The van der Waals surface area contributed by atoms with Gasteiger partial charge < -0.3 is 15.4 Å². The van der Waals surface area contributed by atoms with Crippen molar-refractivity contribution < 1.29 is 4.74 Å². The topological polar surface area (TPSA) is 33.3 Å². The molecule has 0 aliphatic carbocycles. The second kappa shape index (κ2) is 8.61. The van der Waals surface area contributed by atoms with E-state index in [1.165, 1.54) is 5.56 Å². The van der Waals surface area contributed by atoms with Gasteiger partial charge in [-0.2, -0.15) is 0 Å². The van der Waals surface area contributed by atoms with E-state index in [-0.39, 0.29) is 0 Å². The second-order valence-electron chi connectivity index (χ2n) is 4.72. The van der Waals surface area contributed by atoms with Crippen molar-refractivity contribution in [2.24, 2.45) is 0 Å². The van der Waals surface area contributed by atoms with E-state index in [4.69, 9.17) is 28.6 Å². The molecule has 0 aromatic heterocycles. The quantitative estimate of drug-likeness (QED) is 0.773. The lowest BCUT2D eigenvalue weighted by molar-refractivity contribution is 0.340. The number of anilines is 1. The van der Waals surface area contributed by atoms with E-state index in [0.717, 1.165) is 24.4 Å². The molecule has 22 heavy (non-hydrogen) atoms. The predicted octanol–water partition coefficient (Wildman–Crippen LogP) is 4.27. The average Bonchev–Trinajstić information content (AvgIpc) is 2.49. The highest BCUT2D eigenvalue weighted by Gasteiger charge is 1.99. The fourth-order valence-electron chi connectivity index (χ4n) is 1.98. The van der Waals surface area contributed by atoms with Crippen molar-refractivity contribution in [2.75, 3.05) is 18.5 Å². The summed E-state index contributed by atoms with van der Waals surface area (Å²) in [6, 6.07) is 15.6. The van der Waals surface area contributed by atoms with Crippen LogP contribution in [0.1, 0.15) is 12.5 Å². The Morgan fingerprint density at radius 1 is 1.18 bits per heavy atom. The van der Waals surface area contributed by atoms with Crippen LogP contribution in [0.3, 0.4) is 0 Å². The molecule has 0 aliphatic heterocycles. The van der Waals surface area contributed by atoms with Crippen molar-refractivity contribution in [3.63, 3.8) is 0 Å². The van der Waals surface area contributed by atoms with Crippen molar-refractivity contribution >= 4 is 34.6 Å². The molecule has 2 rings (SSSR count). The molecule has 0 spiro atoms. The van der Waals surface area contributed by atoms with Gasteiger partial charge in [0.25, 0.3) is 0 Å². The maximum Gasteiger partial charge on any atom is 0.170 e.